The van der Waals surface area contributed by atoms with Crippen LogP contribution in [0.2, 0.25) is 5.02 Å². The maximum atomic E-state index is 12.8. The van der Waals surface area contributed by atoms with Crippen molar-refractivity contribution in [2.45, 2.75) is 26.0 Å². The smallest absolute Gasteiger partial charge is 0.154 e. The molecule has 0 aliphatic carbocycles. The molecule has 1 rings (SSSR count). The molecular weight excluding hydrogens is 263 g/mol. The highest BCUT2D eigenvalue weighted by atomic mass is 35.5. The van der Waals surface area contributed by atoms with Gasteiger partial charge in [0, 0.05) is 5.02 Å². The topological polar surface area (TPSA) is 34.1 Å². The zero-order valence-corrected chi connectivity index (χ0v) is 11.5. The van der Waals surface area contributed by atoms with E-state index in [-0.39, 0.29) is 16.5 Å². The number of hydrogen-bond acceptors (Lipinski definition) is 2. The van der Waals surface area contributed by atoms with E-state index in [0.717, 1.165) is 6.07 Å². The molecule has 5 heteroatoms. The standard InChI is InChI=1S/C12H16ClFO2S/c1-9(2)5-6-17(15,16)8-10-3-4-11(14)7-12(10)13/h3-4,7,9H,5-6,8H2,1-2H3. The summed E-state index contributed by atoms with van der Waals surface area (Å²) >= 11 is 5.79. The number of halogens is 2. The third kappa shape index (κ3) is 5.04. The fraction of sp³-hybridized carbons (Fsp3) is 0.500. The van der Waals surface area contributed by atoms with Gasteiger partial charge in [-0.2, -0.15) is 0 Å². The Kier molecular flexibility index (Phi) is 4.95. The third-order valence-electron chi connectivity index (χ3n) is 2.40. The molecule has 0 heterocycles. The number of hydrogen-bond donors (Lipinski definition) is 0. The molecule has 0 aliphatic heterocycles. The first-order valence-electron chi connectivity index (χ1n) is 5.44. The largest absolute Gasteiger partial charge is 0.228 e. The third-order valence-corrected chi connectivity index (χ3v) is 4.36. The number of sulfone groups is 1. The molecule has 0 radical (unpaired) electrons. The summed E-state index contributed by atoms with van der Waals surface area (Å²) in [7, 11) is -3.17. The van der Waals surface area contributed by atoms with Crippen LogP contribution < -0.4 is 0 Å². The van der Waals surface area contributed by atoms with E-state index in [9.17, 15) is 12.8 Å². The van der Waals surface area contributed by atoms with Crippen molar-refractivity contribution in [3.8, 4) is 0 Å². The molecule has 0 unspecified atom stereocenters. The summed E-state index contributed by atoms with van der Waals surface area (Å²) in [5.41, 5.74) is 0.455. The van der Waals surface area contributed by atoms with Gasteiger partial charge in [-0.3, -0.25) is 0 Å². The molecule has 0 aromatic heterocycles. The van der Waals surface area contributed by atoms with E-state index in [1.165, 1.54) is 12.1 Å². The van der Waals surface area contributed by atoms with Crippen LogP contribution in [0, 0.1) is 11.7 Å². The van der Waals surface area contributed by atoms with Gasteiger partial charge in [-0.15, -0.1) is 0 Å². The highest BCUT2D eigenvalue weighted by molar-refractivity contribution is 7.90. The van der Waals surface area contributed by atoms with Gasteiger partial charge >= 0.3 is 0 Å². The number of rotatable bonds is 5. The van der Waals surface area contributed by atoms with E-state index in [0.29, 0.717) is 17.9 Å². The maximum Gasteiger partial charge on any atom is 0.154 e. The normalized spacial score (nSPS) is 12.1. The van der Waals surface area contributed by atoms with E-state index < -0.39 is 15.7 Å². The van der Waals surface area contributed by atoms with Crippen LogP contribution in [0.1, 0.15) is 25.8 Å². The summed E-state index contributed by atoms with van der Waals surface area (Å²) in [6, 6.07) is 3.78. The summed E-state index contributed by atoms with van der Waals surface area (Å²) in [5.74, 6) is -0.108. The van der Waals surface area contributed by atoms with Crippen molar-refractivity contribution in [3.05, 3.63) is 34.6 Å². The van der Waals surface area contributed by atoms with Crippen molar-refractivity contribution in [1.82, 2.24) is 0 Å². The van der Waals surface area contributed by atoms with Gasteiger partial charge < -0.3 is 0 Å². The quantitative estimate of drug-likeness (QED) is 0.827. The lowest BCUT2D eigenvalue weighted by Crippen LogP contribution is -2.11. The molecule has 0 bridgehead atoms. The lowest BCUT2D eigenvalue weighted by atomic mass is 10.2. The van der Waals surface area contributed by atoms with Crippen molar-refractivity contribution in [2.75, 3.05) is 5.75 Å². The van der Waals surface area contributed by atoms with E-state index >= 15 is 0 Å². The van der Waals surface area contributed by atoms with E-state index in [2.05, 4.69) is 0 Å². The second kappa shape index (κ2) is 5.83. The molecule has 0 atom stereocenters. The molecular formula is C12H16ClFO2S. The Hall–Kier alpha value is -0.610. The summed E-state index contributed by atoms with van der Waals surface area (Å²) in [5, 5.41) is 0.165. The Bertz CT molecular complexity index is 483. The first kappa shape index (κ1) is 14.5. The Morgan fingerprint density at radius 1 is 1.35 bits per heavy atom. The zero-order valence-electron chi connectivity index (χ0n) is 9.91. The summed E-state index contributed by atoms with van der Waals surface area (Å²) in [6.07, 6.45) is 0.626. The summed E-state index contributed by atoms with van der Waals surface area (Å²) in [6.45, 7) is 3.95. The van der Waals surface area contributed by atoms with Gasteiger partial charge in [0.05, 0.1) is 11.5 Å². The fourth-order valence-corrected chi connectivity index (χ4v) is 3.38. The molecule has 1 aromatic rings. The molecule has 0 amide bonds. The fourth-order valence-electron chi connectivity index (χ4n) is 1.36. The predicted octanol–water partition coefficient (Wildman–Crippen LogP) is 3.44. The van der Waals surface area contributed by atoms with Gasteiger partial charge in [0.1, 0.15) is 5.82 Å². The van der Waals surface area contributed by atoms with E-state index in [4.69, 9.17) is 11.6 Å². The molecule has 2 nitrogen and oxygen atoms in total. The Balaban J connectivity index is 2.76. The van der Waals surface area contributed by atoms with Crippen molar-refractivity contribution >= 4 is 21.4 Å². The Labute approximate surface area is 107 Å². The Morgan fingerprint density at radius 2 is 2.00 bits per heavy atom. The summed E-state index contributed by atoms with van der Waals surface area (Å²) in [4.78, 5) is 0. The van der Waals surface area contributed by atoms with Crippen molar-refractivity contribution < 1.29 is 12.8 Å². The molecule has 0 fully saturated rings. The molecule has 0 aliphatic rings. The van der Waals surface area contributed by atoms with Crippen LogP contribution in [0.4, 0.5) is 4.39 Å². The van der Waals surface area contributed by atoms with Gasteiger partial charge in [-0.1, -0.05) is 31.5 Å². The van der Waals surface area contributed by atoms with Crippen LogP contribution in [-0.4, -0.2) is 14.2 Å². The monoisotopic (exact) mass is 278 g/mol. The second-order valence-electron chi connectivity index (χ2n) is 4.51. The lowest BCUT2D eigenvalue weighted by molar-refractivity contribution is 0.573. The molecule has 96 valence electrons. The first-order valence-corrected chi connectivity index (χ1v) is 7.64. The van der Waals surface area contributed by atoms with Gasteiger partial charge in [-0.05, 0) is 30.0 Å². The SMILES string of the molecule is CC(C)CCS(=O)(=O)Cc1ccc(F)cc1Cl. The van der Waals surface area contributed by atoms with Gasteiger partial charge in [-0.25, -0.2) is 12.8 Å². The van der Waals surface area contributed by atoms with Gasteiger partial charge in [0.15, 0.2) is 9.84 Å². The van der Waals surface area contributed by atoms with Crippen LogP contribution in [0.3, 0.4) is 0 Å². The van der Waals surface area contributed by atoms with Crippen LogP contribution in [0.5, 0.6) is 0 Å². The minimum atomic E-state index is -3.17. The molecule has 1 aromatic carbocycles. The highest BCUT2D eigenvalue weighted by Gasteiger charge is 2.15. The first-order chi connectivity index (χ1) is 7.80. The van der Waals surface area contributed by atoms with Crippen LogP contribution in [-0.2, 0) is 15.6 Å². The Morgan fingerprint density at radius 3 is 2.53 bits per heavy atom. The van der Waals surface area contributed by atoms with Crippen LogP contribution in [0.25, 0.3) is 0 Å². The second-order valence-corrected chi connectivity index (χ2v) is 7.10. The van der Waals surface area contributed by atoms with Crippen LogP contribution in [0.15, 0.2) is 18.2 Å². The van der Waals surface area contributed by atoms with E-state index in [1.54, 1.807) is 0 Å². The van der Waals surface area contributed by atoms with Crippen LogP contribution >= 0.6 is 11.6 Å². The average molecular weight is 279 g/mol. The van der Waals surface area contributed by atoms with E-state index in [1.807, 2.05) is 13.8 Å². The molecule has 0 saturated carbocycles. The van der Waals surface area contributed by atoms with Crippen molar-refractivity contribution in [2.24, 2.45) is 5.92 Å². The average Bonchev–Trinajstić information content (AvgIpc) is 2.20. The minimum Gasteiger partial charge on any atom is -0.228 e. The predicted molar refractivity (Wildman–Crippen MR) is 68.4 cm³/mol. The molecule has 17 heavy (non-hydrogen) atoms. The maximum absolute atomic E-state index is 12.8. The minimum absolute atomic E-state index is 0.126. The molecule has 0 spiro atoms. The molecule has 0 saturated heterocycles. The number of benzene rings is 1. The van der Waals surface area contributed by atoms with Gasteiger partial charge in [0.2, 0.25) is 0 Å². The zero-order chi connectivity index (χ0) is 13.1. The summed E-state index contributed by atoms with van der Waals surface area (Å²) < 4.78 is 36.4. The van der Waals surface area contributed by atoms with Crippen molar-refractivity contribution in [1.29, 1.82) is 0 Å². The van der Waals surface area contributed by atoms with Crippen molar-refractivity contribution in [3.63, 3.8) is 0 Å². The lowest BCUT2D eigenvalue weighted by Gasteiger charge is -2.08. The molecule has 0 N–H and O–H groups in total. The highest BCUT2D eigenvalue weighted by Crippen LogP contribution is 2.20. The van der Waals surface area contributed by atoms with Gasteiger partial charge in [0.25, 0.3) is 0 Å².